The molecular formula is C12H22N4O. The average Bonchev–Trinajstić information content (AvgIpc) is 2.34. The second-order valence-electron chi connectivity index (χ2n) is 3.39. The van der Waals surface area contributed by atoms with Gasteiger partial charge in [0.25, 0.3) is 0 Å². The average molecular weight is 238 g/mol. The highest BCUT2D eigenvalue weighted by Crippen LogP contribution is 2.03. The smallest absolute Gasteiger partial charge is 0.203 e. The molecule has 0 unspecified atom stereocenters. The highest BCUT2D eigenvalue weighted by atomic mass is 16.3. The minimum Gasteiger partial charge on any atom is -0.506 e. The fourth-order valence-corrected chi connectivity index (χ4v) is 1.29. The lowest BCUT2D eigenvalue weighted by Gasteiger charge is -2.20. The van der Waals surface area contributed by atoms with Gasteiger partial charge < -0.3 is 10.0 Å². The monoisotopic (exact) mass is 238 g/mol. The van der Waals surface area contributed by atoms with Gasteiger partial charge in [-0.15, -0.1) is 0 Å². The molecule has 0 fully saturated rings. The van der Waals surface area contributed by atoms with Gasteiger partial charge in [0.2, 0.25) is 5.96 Å². The molecule has 0 aliphatic heterocycles. The molecule has 3 N–H and O–H groups in total. The molecule has 1 aromatic rings. The lowest BCUT2D eigenvalue weighted by atomic mass is 10.4. The first-order valence-electron chi connectivity index (χ1n) is 5.82. The first-order chi connectivity index (χ1) is 8.06. The standard InChI is InChI=1S/C10H16N4O.C2H6/c1-3-6-13(2)10(12)14-7-8(15)4-5-9(14)11;1-2/h4-5,7,11-12,15H,3,6H2,1-2H3;1-2H3. The van der Waals surface area contributed by atoms with Crippen molar-refractivity contribution in [3.63, 3.8) is 0 Å². The third-order valence-electron chi connectivity index (χ3n) is 2.08. The van der Waals surface area contributed by atoms with Crippen LogP contribution in [0.5, 0.6) is 5.75 Å². The van der Waals surface area contributed by atoms with Crippen LogP contribution in [0.25, 0.3) is 0 Å². The van der Waals surface area contributed by atoms with Crippen molar-refractivity contribution in [1.29, 1.82) is 10.8 Å². The van der Waals surface area contributed by atoms with Crippen molar-refractivity contribution in [2.45, 2.75) is 27.2 Å². The van der Waals surface area contributed by atoms with Crippen LogP contribution in [-0.4, -0.2) is 34.1 Å². The summed E-state index contributed by atoms with van der Waals surface area (Å²) in [7, 11) is 1.79. The van der Waals surface area contributed by atoms with Crippen LogP contribution in [0.1, 0.15) is 27.2 Å². The Balaban J connectivity index is 0.00000121. The van der Waals surface area contributed by atoms with E-state index in [0.717, 1.165) is 13.0 Å². The predicted octanol–water partition coefficient (Wildman–Crippen LogP) is 1.82. The molecule has 0 saturated heterocycles. The van der Waals surface area contributed by atoms with Crippen molar-refractivity contribution in [3.8, 4) is 5.75 Å². The van der Waals surface area contributed by atoms with Gasteiger partial charge in [-0.1, -0.05) is 20.8 Å². The molecule has 1 rings (SSSR count). The van der Waals surface area contributed by atoms with Gasteiger partial charge in [-0.25, -0.2) is 0 Å². The summed E-state index contributed by atoms with van der Waals surface area (Å²) in [6, 6.07) is 2.90. The fourth-order valence-electron chi connectivity index (χ4n) is 1.29. The summed E-state index contributed by atoms with van der Waals surface area (Å²) in [4.78, 5) is 1.73. The molecule has 0 atom stereocenters. The Morgan fingerprint density at radius 3 is 2.53 bits per heavy atom. The van der Waals surface area contributed by atoms with Gasteiger partial charge in [0.05, 0.1) is 6.20 Å². The number of pyridine rings is 1. The van der Waals surface area contributed by atoms with E-state index in [-0.39, 0.29) is 17.2 Å². The second-order valence-corrected chi connectivity index (χ2v) is 3.39. The van der Waals surface area contributed by atoms with Crippen molar-refractivity contribution in [2.75, 3.05) is 13.6 Å². The lowest BCUT2D eigenvalue weighted by molar-refractivity contribution is 0.458. The lowest BCUT2D eigenvalue weighted by Crippen LogP contribution is -2.38. The molecule has 17 heavy (non-hydrogen) atoms. The van der Waals surface area contributed by atoms with Gasteiger partial charge in [0, 0.05) is 13.6 Å². The van der Waals surface area contributed by atoms with E-state index in [4.69, 9.17) is 10.8 Å². The van der Waals surface area contributed by atoms with E-state index in [0.29, 0.717) is 0 Å². The molecule has 5 nitrogen and oxygen atoms in total. The van der Waals surface area contributed by atoms with Crippen molar-refractivity contribution in [1.82, 2.24) is 9.47 Å². The number of aromatic nitrogens is 1. The Morgan fingerprint density at radius 1 is 1.41 bits per heavy atom. The van der Waals surface area contributed by atoms with E-state index in [2.05, 4.69) is 0 Å². The Bertz CT molecular complexity index is 411. The maximum Gasteiger partial charge on any atom is 0.203 e. The molecule has 0 amide bonds. The molecule has 0 aliphatic carbocycles. The van der Waals surface area contributed by atoms with Gasteiger partial charge in [-0.2, -0.15) is 0 Å². The van der Waals surface area contributed by atoms with Gasteiger partial charge in [-0.3, -0.25) is 15.4 Å². The molecule has 1 heterocycles. The normalized spacial score (nSPS) is 9.18. The molecule has 0 spiro atoms. The molecule has 0 saturated carbocycles. The zero-order valence-corrected chi connectivity index (χ0v) is 11.0. The summed E-state index contributed by atoms with van der Waals surface area (Å²) in [5.41, 5.74) is 0.181. The van der Waals surface area contributed by atoms with Gasteiger partial charge in [0.15, 0.2) is 0 Å². The first-order valence-corrected chi connectivity index (χ1v) is 5.82. The minimum atomic E-state index is 0.0562. The highest BCUT2D eigenvalue weighted by Gasteiger charge is 2.06. The van der Waals surface area contributed by atoms with Crippen LogP contribution in [0.3, 0.4) is 0 Å². The maximum atomic E-state index is 9.28. The van der Waals surface area contributed by atoms with Gasteiger partial charge in [-0.05, 0) is 18.6 Å². The first kappa shape index (κ1) is 15.2. The van der Waals surface area contributed by atoms with E-state index in [1.165, 1.54) is 22.9 Å². The van der Waals surface area contributed by atoms with Crippen LogP contribution in [0.4, 0.5) is 0 Å². The highest BCUT2D eigenvalue weighted by molar-refractivity contribution is 5.78. The van der Waals surface area contributed by atoms with Crippen LogP contribution < -0.4 is 5.49 Å². The largest absolute Gasteiger partial charge is 0.506 e. The molecule has 0 aliphatic rings. The van der Waals surface area contributed by atoms with Crippen molar-refractivity contribution in [3.05, 3.63) is 23.8 Å². The number of nitrogens with one attached hydrogen (secondary N) is 2. The van der Waals surface area contributed by atoms with Gasteiger partial charge in [0.1, 0.15) is 11.2 Å². The van der Waals surface area contributed by atoms with E-state index in [9.17, 15) is 5.11 Å². The Hall–Kier alpha value is -1.78. The molecule has 0 aromatic carbocycles. The van der Waals surface area contributed by atoms with Crippen molar-refractivity contribution >= 4 is 5.96 Å². The number of hydrogen-bond acceptors (Lipinski definition) is 3. The van der Waals surface area contributed by atoms with Crippen LogP contribution in [0, 0.1) is 10.8 Å². The third-order valence-corrected chi connectivity index (χ3v) is 2.08. The summed E-state index contributed by atoms with van der Waals surface area (Å²) in [6.07, 6.45) is 2.31. The van der Waals surface area contributed by atoms with Crippen LogP contribution >= 0.6 is 0 Å². The van der Waals surface area contributed by atoms with E-state index < -0.39 is 0 Å². The summed E-state index contributed by atoms with van der Waals surface area (Å²) in [5, 5.41) is 24.7. The zero-order valence-electron chi connectivity index (χ0n) is 11.0. The number of rotatable bonds is 2. The summed E-state index contributed by atoms with van der Waals surface area (Å²) in [6.45, 7) is 6.78. The van der Waals surface area contributed by atoms with E-state index in [1.807, 2.05) is 20.8 Å². The van der Waals surface area contributed by atoms with E-state index >= 15 is 0 Å². The predicted molar refractivity (Wildman–Crippen MR) is 69.3 cm³/mol. The molecule has 0 radical (unpaired) electrons. The van der Waals surface area contributed by atoms with Crippen LogP contribution in [-0.2, 0) is 0 Å². The number of hydrogen-bond donors (Lipinski definition) is 3. The summed E-state index contributed by atoms with van der Waals surface area (Å²) in [5.74, 6) is 0.249. The van der Waals surface area contributed by atoms with Crippen LogP contribution in [0.15, 0.2) is 18.3 Å². The molecule has 5 heteroatoms. The molecule has 96 valence electrons. The van der Waals surface area contributed by atoms with Crippen molar-refractivity contribution < 1.29 is 5.11 Å². The Labute approximate surface area is 102 Å². The topological polar surface area (TPSA) is 76.1 Å². The number of aromatic hydroxyl groups is 1. The summed E-state index contributed by atoms with van der Waals surface area (Å²) < 4.78 is 1.34. The van der Waals surface area contributed by atoms with E-state index in [1.54, 1.807) is 11.9 Å². The SMILES string of the molecule is CC.CCCN(C)C(=N)n1cc(O)ccc1=N. The Kier molecular flexibility index (Phi) is 6.70. The summed E-state index contributed by atoms with van der Waals surface area (Å²) >= 11 is 0. The van der Waals surface area contributed by atoms with Crippen molar-refractivity contribution in [2.24, 2.45) is 0 Å². The minimum absolute atomic E-state index is 0.0562. The second kappa shape index (κ2) is 7.49. The number of nitrogens with zero attached hydrogens (tertiary/aromatic N) is 2. The fraction of sp³-hybridized carbons (Fsp3) is 0.500. The van der Waals surface area contributed by atoms with Gasteiger partial charge >= 0.3 is 0 Å². The Morgan fingerprint density at radius 2 is 2.00 bits per heavy atom. The third kappa shape index (κ3) is 4.30. The molecular weight excluding hydrogens is 216 g/mol. The quantitative estimate of drug-likeness (QED) is 0.543. The molecule has 1 aromatic heterocycles. The zero-order chi connectivity index (χ0) is 13.4. The van der Waals surface area contributed by atoms with Crippen LogP contribution in [0.2, 0.25) is 0 Å². The molecule has 0 bridgehead atoms. The maximum absolute atomic E-state index is 9.28.